The van der Waals surface area contributed by atoms with Crippen molar-refractivity contribution in [2.75, 3.05) is 13.2 Å². The van der Waals surface area contributed by atoms with Crippen LogP contribution in [0.15, 0.2) is 12.2 Å². The van der Waals surface area contributed by atoms with Crippen LogP contribution in [-0.2, 0) is 4.74 Å². The third-order valence-corrected chi connectivity index (χ3v) is 5.80. The average molecular weight is 293 g/mol. The molecule has 0 heterocycles. The molecule has 21 heavy (non-hydrogen) atoms. The second-order valence-corrected chi connectivity index (χ2v) is 7.33. The molecule has 2 aliphatic carbocycles. The van der Waals surface area contributed by atoms with Gasteiger partial charge in [-0.25, -0.2) is 0 Å². The van der Waals surface area contributed by atoms with E-state index in [9.17, 15) is 0 Å². The minimum Gasteiger partial charge on any atom is -0.381 e. The molecule has 1 heteroatoms. The van der Waals surface area contributed by atoms with Gasteiger partial charge in [0, 0.05) is 13.2 Å². The van der Waals surface area contributed by atoms with Gasteiger partial charge in [0.15, 0.2) is 0 Å². The normalized spacial score (nSPS) is 34.4. The van der Waals surface area contributed by atoms with Crippen molar-refractivity contribution in [2.45, 2.75) is 78.1 Å². The van der Waals surface area contributed by atoms with Crippen molar-refractivity contribution in [2.24, 2.45) is 23.7 Å². The largest absolute Gasteiger partial charge is 0.381 e. The topological polar surface area (TPSA) is 9.23 Å². The van der Waals surface area contributed by atoms with E-state index in [-0.39, 0.29) is 0 Å². The SMILES string of the molecule is CCCC=CC1CCC(C2CCC(COCC)CC2)CC1. The Kier molecular flexibility index (Phi) is 7.85. The van der Waals surface area contributed by atoms with Gasteiger partial charge in [-0.15, -0.1) is 0 Å². The van der Waals surface area contributed by atoms with Crippen molar-refractivity contribution in [3.8, 4) is 0 Å². The summed E-state index contributed by atoms with van der Waals surface area (Å²) in [7, 11) is 0. The highest BCUT2D eigenvalue weighted by Gasteiger charge is 2.30. The molecule has 0 aromatic rings. The number of hydrogen-bond donors (Lipinski definition) is 0. The molecule has 2 fully saturated rings. The van der Waals surface area contributed by atoms with Gasteiger partial charge in [-0.05, 0) is 88.4 Å². The zero-order valence-electron chi connectivity index (χ0n) is 14.4. The summed E-state index contributed by atoms with van der Waals surface area (Å²) in [5.74, 6) is 3.81. The van der Waals surface area contributed by atoms with E-state index in [2.05, 4.69) is 26.0 Å². The Morgan fingerprint density at radius 2 is 1.48 bits per heavy atom. The van der Waals surface area contributed by atoms with Crippen molar-refractivity contribution < 1.29 is 4.74 Å². The standard InChI is InChI=1S/C20H36O/c1-3-5-6-7-17-8-12-19(13-9-17)20-14-10-18(11-15-20)16-21-4-2/h6-7,17-20H,3-5,8-16H2,1-2H3. The lowest BCUT2D eigenvalue weighted by Crippen LogP contribution is -2.26. The van der Waals surface area contributed by atoms with Crippen LogP contribution in [0.2, 0.25) is 0 Å². The maximum atomic E-state index is 5.61. The fraction of sp³-hybridized carbons (Fsp3) is 0.900. The second-order valence-electron chi connectivity index (χ2n) is 7.33. The number of ether oxygens (including phenoxy) is 1. The lowest BCUT2D eigenvalue weighted by atomic mass is 9.69. The van der Waals surface area contributed by atoms with Crippen molar-refractivity contribution in [3.05, 3.63) is 12.2 Å². The highest BCUT2D eigenvalue weighted by atomic mass is 16.5. The molecule has 0 atom stereocenters. The third kappa shape index (κ3) is 5.77. The van der Waals surface area contributed by atoms with Crippen LogP contribution in [0.1, 0.15) is 78.1 Å². The van der Waals surface area contributed by atoms with Crippen molar-refractivity contribution in [3.63, 3.8) is 0 Å². The highest BCUT2D eigenvalue weighted by Crippen LogP contribution is 2.41. The highest BCUT2D eigenvalue weighted by molar-refractivity contribution is 4.92. The summed E-state index contributed by atoms with van der Waals surface area (Å²) in [6, 6.07) is 0. The first kappa shape index (κ1) is 17.1. The van der Waals surface area contributed by atoms with Gasteiger partial charge in [0.05, 0.1) is 0 Å². The molecule has 2 saturated carbocycles. The molecule has 2 rings (SSSR count). The van der Waals surface area contributed by atoms with E-state index in [1.54, 1.807) is 0 Å². The average Bonchev–Trinajstić information content (AvgIpc) is 2.54. The van der Waals surface area contributed by atoms with E-state index >= 15 is 0 Å². The first-order chi connectivity index (χ1) is 10.3. The van der Waals surface area contributed by atoms with E-state index in [1.807, 2.05) is 0 Å². The lowest BCUT2D eigenvalue weighted by molar-refractivity contribution is 0.0727. The first-order valence-corrected chi connectivity index (χ1v) is 9.57. The predicted molar refractivity (Wildman–Crippen MR) is 91.4 cm³/mol. The van der Waals surface area contributed by atoms with Gasteiger partial charge in [0.1, 0.15) is 0 Å². The summed E-state index contributed by atoms with van der Waals surface area (Å²) >= 11 is 0. The number of unbranched alkanes of at least 4 members (excludes halogenated alkanes) is 1. The smallest absolute Gasteiger partial charge is 0.0494 e. The Morgan fingerprint density at radius 3 is 2.05 bits per heavy atom. The van der Waals surface area contributed by atoms with Gasteiger partial charge in [0.2, 0.25) is 0 Å². The Morgan fingerprint density at radius 1 is 0.857 bits per heavy atom. The summed E-state index contributed by atoms with van der Waals surface area (Å²) < 4.78 is 5.61. The van der Waals surface area contributed by atoms with E-state index in [0.717, 1.165) is 36.9 Å². The van der Waals surface area contributed by atoms with Gasteiger partial charge in [-0.2, -0.15) is 0 Å². The first-order valence-electron chi connectivity index (χ1n) is 9.57. The molecule has 0 amide bonds. The van der Waals surface area contributed by atoms with Crippen LogP contribution in [-0.4, -0.2) is 13.2 Å². The summed E-state index contributed by atoms with van der Waals surface area (Å²) in [6.07, 6.45) is 19.1. The van der Waals surface area contributed by atoms with Crippen molar-refractivity contribution in [1.29, 1.82) is 0 Å². The molecule has 2 aliphatic rings. The van der Waals surface area contributed by atoms with Gasteiger partial charge in [-0.1, -0.05) is 25.5 Å². The van der Waals surface area contributed by atoms with E-state index < -0.39 is 0 Å². The van der Waals surface area contributed by atoms with Crippen LogP contribution in [0.3, 0.4) is 0 Å². The van der Waals surface area contributed by atoms with Gasteiger partial charge < -0.3 is 4.74 Å². The number of allylic oxidation sites excluding steroid dienone is 2. The monoisotopic (exact) mass is 292 g/mol. The minimum absolute atomic E-state index is 0.856. The summed E-state index contributed by atoms with van der Waals surface area (Å²) in [6.45, 7) is 6.27. The maximum Gasteiger partial charge on any atom is 0.0494 e. The molecule has 0 bridgehead atoms. The van der Waals surface area contributed by atoms with Crippen LogP contribution in [0.5, 0.6) is 0 Å². The molecule has 1 nitrogen and oxygen atoms in total. The lowest BCUT2D eigenvalue weighted by Gasteiger charge is -2.37. The Bertz CT molecular complexity index is 280. The molecular weight excluding hydrogens is 256 g/mol. The predicted octanol–water partition coefficient (Wildman–Crippen LogP) is 5.99. The van der Waals surface area contributed by atoms with E-state index in [1.165, 1.54) is 64.2 Å². The second kappa shape index (κ2) is 9.66. The zero-order chi connectivity index (χ0) is 14.9. The fourth-order valence-corrected chi connectivity index (χ4v) is 4.37. The van der Waals surface area contributed by atoms with E-state index in [4.69, 9.17) is 4.74 Å². The van der Waals surface area contributed by atoms with Gasteiger partial charge in [0.25, 0.3) is 0 Å². The van der Waals surface area contributed by atoms with Crippen LogP contribution >= 0.6 is 0 Å². The van der Waals surface area contributed by atoms with Gasteiger partial charge in [-0.3, -0.25) is 0 Å². The quantitative estimate of drug-likeness (QED) is 0.523. The van der Waals surface area contributed by atoms with Gasteiger partial charge >= 0.3 is 0 Å². The van der Waals surface area contributed by atoms with E-state index in [0.29, 0.717) is 0 Å². The molecule has 0 unspecified atom stereocenters. The summed E-state index contributed by atoms with van der Waals surface area (Å²) in [5.41, 5.74) is 0. The van der Waals surface area contributed by atoms with Crippen LogP contribution < -0.4 is 0 Å². The molecule has 0 aromatic heterocycles. The number of hydrogen-bond acceptors (Lipinski definition) is 1. The molecule has 0 aliphatic heterocycles. The maximum absolute atomic E-state index is 5.61. The Balaban J connectivity index is 1.64. The van der Waals surface area contributed by atoms with Crippen LogP contribution in [0.4, 0.5) is 0 Å². The molecule has 122 valence electrons. The summed E-state index contributed by atoms with van der Waals surface area (Å²) in [4.78, 5) is 0. The fourth-order valence-electron chi connectivity index (χ4n) is 4.37. The Labute approximate surface area is 132 Å². The Hall–Kier alpha value is -0.300. The third-order valence-electron chi connectivity index (χ3n) is 5.80. The van der Waals surface area contributed by atoms with Crippen molar-refractivity contribution >= 4 is 0 Å². The van der Waals surface area contributed by atoms with Crippen LogP contribution in [0.25, 0.3) is 0 Å². The van der Waals surface area contributed by atoms with Crippen LogP contribution in [0, 0.1) is 23.7 Å². The molecule has 0 radical (unpaired) electrons. The zero-order valence-corrected chi connectivity index (χ0v) is 14.4. The number of rotatable bonds is 7. The summed E-state index contributed by atoms with van der Waals surface area (Å²) in [5, 5.41) is 0. The molecule has 0 saturated heterocycles. The van der Waals surface area contributed by atoms with Crippen molar-refractivity contribution in [1.82, 2.24) is 0 Å². The molecule has 0 aromatic carbocycles. The molecule has 0 N–H and O–H groups in total. The minimum atomic E-state index is 0.856. The molecular formula is C20H36O. The molecule has 0 spiro atoms.